The Bertz CT molecular complexity index is 415. The van der Waals surface area contributed by atoms with Gasteiger partial charge in [0.15, 0.2) is 0 Å². The van der Waals surface area contributed by atoms with Gasteiger partial charge >= 0.3 is 0 Å². The van der Waals surface area contributed by atoms with Crippen LogP contribution in [0.2, 0.25) is 0 Å². The number of hydroxylamine groups is 1. The number of ether oxygens (including phenoxy) is 2. The van der Waals surface area contributed by atoms with Crippen molar-refractivity contribution in [1.82, 2.24) is 5.48 Å². The zero-order valence-corrected chi connectivity index (χ0v) is 9.77. The largest absolute Gasteiger partial charge is 0.497 e. The maximum Gasteiger partial charge on any atom is 0.267 e. The third kappa shape index (κ3) is 3.81. The average Bonchev–Trinajstić information content (AvgIpc) is 2.37. The number of hydrogen-bond acceptors (Lipinski definition) is 4. The summed E-state index contributed by atoms with van der Waals surface area (Å²) in [6, 6.07) is 5.27. The second-order valence-electron chi connectivity index (χ2n) is 3.15. The number of nitrogens with one attached hydrogen (secondary N) is 1. The molecule has 2 N–H and O–H groups in total. The summed E-state index contributed by atoms with van der Waals surface area (Å²) in [7, 11) is 1.57. The van der Waals surface area contributed by atoms with Crippen molar-refractivity contribution in [3.05, 3.63) is 29.8 Å². The van der Waals surface area contributed by atoms with Gasteiger partial charge in [-0.1, -0.05) is 0 Å². The number of carbonyl (C=O) groups is 1. The lowest BCUT2D eigenvalue weighted by molar-refractivity contribution is -0.124. The molecule has 0 spiro atoms. The van der Waals surface area contributed by atoms with E-state index in [4.69, 9.17) is 14.7 Å². The molecule has 92 valence electrons. The molecule has 0 aliphatic carbocycles. The molecule has 1 aromatic carbocycles. The molecular formula is C12H15NO4. The van der Waals surface area contributed by atoms with Gasteiger partial charge in [0, 0.05) is 17.7 Å². The van der Waals surface area contributed by atoms with Crippen molar-refractivity contribution >= 4 is 12.0 Å². The standard InChI is InChI=1S/C12H15NO4/c1-3-17-11-8-10(16-2)6-4-9(11)5-7-12(14)13-15/h4-8,15H,3H2,1-2H3,(H,13,14)/b7-5+. The van der Waals surface area contributed by atoms with E-state index in [9.17, 15) is 4.79 Å². The van der Waals surface area contributed by atoms with E-state index in [-0.39, 0.29) is 0 Å². The zero-order chi connectivity index (χ0) is 12.7. The van der Waals surface area contributed by atoms with Gasteiger partial charge in [-0.25, -0.2) is 5.48 Å². The average molecular weight is 237 g/mol. The Labute approximate surface area is 99.6 Å². The summed E-state index contributed by atoms with van der Waals surface area (Å²) in [5.74, 6) is 0.703. The molecule has 5 heteroatoms. The Hall–Kier alpha value is -2.01. The van der Waals surface area contributed by atoms with E-state index >= 15 is 0 Å². The molecule has 1 aromatic rings. The van der Waals surface area contributed by atoms with Crippen LogP contribution in [0.5, 0.6) is 11.5 Å². The van der Waals surface area contributed by atoms with Crippen LogP contribution in [0.3, 0.4) is 0 Å². The minimum atomic E-state index is -0.594. The van der Waals surface area contributed by atoms with Crippen molar-refractivity contribution in [2.45, 2.75) is 6.92 Å². The summed E-state index contributed by atoms with van der Waals surface area (Å²) in [4.78, 5) is 10.9. The van der Waals surface area contributed by atoms with Crippen LogP contribution in [-0.2, 0) is 4.79 Å². The fourth-order valence-corrected chi connectivity index (χ4v) is 1.26. The molecule has 0 saturated heterocycles. The lowest BCUT2D eigenvalue weighted by atomic mass is 10.1. The Kier molecular flexibility index (Phi) is 5.03. The van der Waals surface area contributed by atoms with E-state index in [1.165, 1.54) is 11.6 Å². The van der Waals surface area contributed by atoms with Gasteiger partial charge in [-0.15, -0.1) is 0 Å². The highest BCUT2D eigenvalue weighted by atomic mass is 16.5. The molecule has 0 unspecified atom stereocenters. The minimum Gasteiger partial charge on any atom is -0.497 e. The minimum absolute atomic E-state index is 0.514. The molecule has 0 aliphatic rings. The molecule has 0 fully saturated rings. The second-order valence-corrected chi connectivity index (χ2v) is 3.15. The van der Waals surface area contributed by atoms with Gasteiger partial charge in [-0.3, -0.25) is 10.0 Å². The highest BCUT2D eigenvalue weighted by Gasteiger charge is 2.03. The fraction of sp³-hybridized carbons (Fsp3) is 0.250. The summed E-state index contributed by atoms with van der Waals surface area (Å²) in [6.07, 6.45) is 2.76. The first-order valence-electron chi connectivity index (χ1n) is 5.14. The fourth-order valence-electron chi connectivity index (χ4n) is 1.26. The highest BCUT2D eigenvalue weighted by molar-refractivity contribution is 5.91. The molecule has 0 aliphatic heterocycles. The van der Waals surface area contributed by atoms with Crippen LogP contribution in [0.4, 0.5) is 0 Å². The zero-order valence-electron chi connectivity index (χ0n) is 9.77. The van der Waals surface area contributed by atoms with Crippen molar-refractivity contribution < 1.29 is 19.5 Å². The van der Waals surface area contributed by atoms with E-state index in [0.29, 0.717) is 18.1 Å². The second kappa shape index (κ2) is 6.55. The Morgan fingerprint density at radius 1 is 1.53 bits per heavy atom. The maximum absolute atomic E-state index is 10.9. The first-order chi connectivity index (χ1) is 8.21. The van der Waals surface area contributed by atoms with Gasteiger partial charge in [0.2, 0.25) is 0 Å². The molecular weight excluding hydrogens is 222 g/mol. The molecule has 1 amide bonds. The normalized spacial score (nSPS) is 10.3. The molecule has 0 radical (unpaired) electrons. The molecule has 0 bridgehead atoms. The van der Waals surface area contributed by atoms with Gasteiger partial charge in [-0.2, -0.15) is 0 Å². The third-order valence-corrected chi connectivity index (χ3v) is 2.05. The van der Waals surface area contributed by atoms with Crippen molar-refractivity contribution in [2.75, 3.05) is 13.7 Å². The first-order valence-corrected chi connectivity index (χ1v) is 5.14. The monoisotopic (exact) mass is 237 g/mol. The summed E-state index contributed by atoms with van der Waals surface area (Å²) in [5, 5.41) is 8.37. The van der Waals surface area contributed by atoms with Crippen LogP contribution in [0.1, 0.15) is 12.5 Å². The van der Waals surface area contributed by atoms with Crippen molar-refractivity contribution in [3.63, 3.8) is 0 Å². The molecule has 0 aromatic heterocycles. The van der Waals surface area contributed by atoms with Crippen molar-refractivity contribution in [3.8, 4) is 11.5 Å². The molecule has 0 atom stereocenters. The molecule has 1 rings (SSSR count). The number of rotatable bonds is 5. The van der Waals surface area contributed by atoms with Gasteiger partial charge < -0.3 is 9.47 Å². The predicted molar refractivity (Wildman–Crippen MR) is 63.1 cm³/mol. The van der Waals surface area contributed by atoms with Crippen molar-refractivity contribution in [2.24, 2.45) is 0 Å². The maximum atomic E-state index is 10.9. The van der Waals surface area contributed by atoms with Crippen LogP contribution >= 0.6 is 0 Å². The smallest absolute Gasteiger partial charge is 0.267 e. The SMILES string of the molecule is CCOc1cc(OC)ccc1/C=C/C(=O)NO. The predicted octanol–water partition coefficient (Wildman–Crippen LogP) is 1.61. The topological polar surface area (TPSA) is 67.8 Å². The molecule has 0 heterocycles. The highest BCUT2D eigenvalue weighted by Crippen LogP contribution is 2.25. The summed E-state index contributed by atoms with van der Waals surface area (Å²) >= 11 is 0. The summed E-state index contributed by atoms with van der Waals surface area (Å²) < 4.78 is 10.5. The number of carbonyl (C=O) groups excluding carboxylic acids is 1. The number of hydrogen-bond donors (Lipinski definition) is 2. The first kappa shape index (κ1) is 13.1. The lowest BCUT2D eigenvalue weighted by Gasteiger charge is -2.09. The number of benzene rings is 1. The van der Waals surface area contributed by atoms with E-state index < -0.39 is 5.91 Å². The quantitative estimate of drug-likeness (QED) is 0.464. The van der Waals surface area contributed by atoms with Crippen LogP contribution in [-0.4, -0.2) is 24.8 Å². The van der Waals surface area contributed by atoms with Gasteiger partial charge in [0.1, 0.15) is 11.5 Å². The third-order valence-electron chi connectivity index (χ3n) is 2.05. The summed E-state index contributed by atoms with van der Waals surface area (Å²) in [6.45, 7) is 2.38. The van der Waals surface area contributed by atoms with E-state index in [2.05, 4.69) is 0 Å². The van der Waals surface area contributed by atoms with Crippen molar-refractivity contribution in [1.29, 1.82) is 0 Å². The van der Waals surface area contributed by atoms with Crippen LogP contribution < -0.4 is 15.0 Å². The van der Waals surface area contributed by atoms with Gasteiger partial charge in [0.05, 0.1) is 13.7 Å². The number of methoxy groups -OCH3 is 1. The Morgan fingerprint density at radius 3 is 2.88 bits per heavy atom. The Balaban J connectivity index is 2.97. The molecule has 5 nitrogen and oxygen atoms in total. The van der Waals surface area contributed by atoms with E-state index in [0.717, 1.165) is 5.56 Å². The Morgan fingerprint density at radius 2 is 2.29 bits per heavy atom. The number of amides is 1. The van der Waals surface area contributed by atoms with Crippen LogP contribution in [0.25, 0.3) is 6.08 Å². The van der Waals surface area contributed by atoms with Gasteiger partial charge in [-0.05, 0) is 25.1 Å². The van der Waals surface area contributed by atoms with E-state index in [1.54, 1.807) is 31.4 Å². The summed E-state index contributed by atoms with van der Waals surface area (Å²) in [5.41, 5.74) is 2.25. The molecule has 17 heavy (non-hydrogen) atoms. The molecule has 0 saturated carbocycles. The van der Waals surface area contributed by atoms with Gasteiger partial charge in [0.25, 0.3) is 5.91 Å². The van der Waals surface area contributed by atoms with E-state index in [1.807, 2.05) is 6.92 Å². The lowest BCUT2D eigenvalue weighted by Crippen LogP contribution is -2.14. The van der Waals surface area contributed by atoms with Crippen LogP contribution in [0.15, 0.2) is 24.3 Å². The van der Waals surface area contributed by atoms with Crippen LogP contribution in [0, 0.1) is 0 Å².